The molecule has 0 radical (unpaired) electrons. The first-order valence-corrected chi connectivity index (χ1v) is 7.20. The lowest BCUT2D eigenvalue weighted by molar-refractivity contribution is 0.978. The van der Waals surface area contributed by atoms with Gasteiger partial charge in [0.25, 0.3) is 0 Å². The maximum Gasteiger partial charge on any atom is 0.0591 e. The Balaban J connectivity index is 2.14. The van der Waals surface area contributed by atoms with E-state index in [1.807, 2.05) is 18.5 Å². The molecule has 3 nitrogen and oxygen atoms in total. The minimum Gasteiger partial charge on any atom is -0.384 e. The van der Waals surface area contributed by atoms with Gasteiger partial charge in [0.05, 0.1) is 23.8 Å². The van der Waals surface area contributed by atoms with Crippen LogP contribution in [0.2, 0.25) is 0 Å². The summed E-state index contributed by atoms with van der Waals surface area (Å²) in [4.78, 5) is 4.25. The lowest BCUT2D eigenvalue weighted by atomic mass is 10.2. The van der Waals surface area contributed by atoms with E-state index in [4.69, 9.17) is 0 Å². The molecule has 4 heteroatoms. The second kappa shape index (κ2) is 6.57. The van der Waals surface area contributed by atoms with Crippen LogP contribution in [0.15, 0.2) is 41.1 Å². The molecule has 2 aromatic rings. The van der Waals surface area contributed by atoms with E-state index >= 15 is 0 Å². The molecule has 0 fully saturated rings. The molecule has 0 unspecified atom stereocenters. The highest BCUT2D eigenvalue weighted by molar-refractivity contribution is 9.10. The third kappa shape index (κ3) is 3.96. The standard InChI is InChI=1S/C15H18BrN3/c1-3-6-18-13-8-14(10-17-9-13)19-15-5-4-12(16)7-11(15)2/h4-5,7-10,18-19H,3,6H2,1-2H3. The fourth-order valence-electron chi connectivity index (χ4n) is 1.80. The summed E-state index contributed by atoms with van der Waals surface area (Å²) >= 11 is 3.47. The van der Waals surface area contributed by atoms with Crippen LogP contribution in [0.3, 0.4) is 0 Å². The molecule has 0 saturated carbocycles. The Morgan fingerprint density at radius 1 is 1.16 bits per heavy atom. The molecular weight excluding hydrogens is 302 g/mol. The minimum atomic E-state index is 0.961. The van der Waals surface area contributed by atoms with Crippen molar-refractivity contribution < 1.29 is 0 Å². The Morgan fingerprint density at radius 2 is 1.95 bits per heavy atom. The van der Waals surface area contributed by atoms with Gasteiger partial charge in [0.1, 0.15) is 0 Å². The Morgan fingerprint density at radius 3 is 2.68 bits per heavy atom. The van der Waals surface area contributed by atoms with Crippen molar-refractivity contribution in [1.29, 1.82) is 0 Å². The Labute approximate surface area is 122 Å². The van der Waals surface area contributed by atoms with Crippen LogP contribution in [0, 0.1) is 6.92 Å². The SMILES string of the molecule is CCCNc1cncc(Nc2ccc(Br)cc2C)c1. The van der Waals surface area contributed by atoms with Crippen LogP contribution in [-0.2, 0) is 0 Å². The number of halogens is 1. The quantitative estimate of drug-likeness (QED) is 0.837. The van der Waals surface area contributed by atoms with E-state index in [9.17, 15) is 0 Å². The van der Waals surface area contributed by atoms with E-state index in [1.54, 1.807) is 0 Å². The number of benzene rings is 1. The van der Waals surface area contributed by atoms with E-state index in [1.165, 1.54) is 5.56 Å². The molecule has 0 aliphatic rings. The van der Waals surface area contributed by atoms with Gasteiger partial charge in [-0.05, 0) is 43.2 Å². The number of anilines is 3. The van der Waals surface area contributed by atoms with Crippen molar-refractivity contribution in [3.8, 4) is 0 Å². The monoisotopic (exact) mass is 319 g/mol. The van der Waals surface area contributed by atoms with Gasteiger partial charge in [-0.1, -0.05) is 22.9 Å². The van der Waals surface area contributed by atoms with Crippen molar-refractivity contribution in [1.82, 2.24) is 4.98 Å². The topological polar surface area (TPSA) is 37.0 Å². The number of hydrogen-bond donors (Lipinski definition) is 2. The fourth-order valence-corrected chi connectivity index (χ4v) is 2.27. The predicted octanol–water partition coefficient (Wildman–Crippen LogP) is 4.72. The molecule has 0 amide bonds. The van der Waals surface area contributed by atoms with Gasteiger partial charge in [0.2, 0.25) is 0 Å². The second-order valence-electron chi connectivity index (χ2n) is 4.47. The van der Waals surface area contributed by atoms with Crippen LogP contribution < -0.4 is 10.6 Å². The van der Waals surface area contributed by atoms with Crippen LogP contribution >= 0.6 is 15.9 Å². The van der Waals surface area contributed by atoms with E-state index in [2.05, 4.69) is 63.6 Å². The predicted molar refractivity (Wildman–Crippen MR) is 85.2 cm³/mol. The molecule has 0 saturated heterocycles. The first-order chi connectivity index (χ1) is 9.19. The fraction of sp³-hybridized carbons (Fsp3) is 0.267. The Hall–Kier alpha value is -1.55. The van der Waals surface area contributed by atoms with Gasteiger partial charge >= 0.3 is 0 Å². The van der Waals surface area contributed by atoms with E-state index < -0.39 is 0 Å². The summed E-state index contributed by atoms with van der Waals surface area (Å²) in [6, 6.07) is 8.26. The third-order valence-corrected chi connectivity index (χ3v) is 3.28. The second-order valence-corrected chi connectivity index (χ2v) is 5.39. The molecular formula is C15H18BrN3. The highest BCUT2D eigenvalue weighted by atomic mass is 79.9. The minimum absolute atomic E-state index is 0.961. The zero-order valence-corrected chi connectivity index (χ0v) is 12.8. The van der Waals surface area contributed by atoms with Gasteiger partial charge in [0, 0.05) is 16.7 Å². The van der Waals surface area contributed by atoms with Crippen molar-refractivity contribution in [3.05, 3.63) is 46.7 Å². The number of rotatable bonds is 5. The van der Waals surface area contributed by atoms with Crippen LogP contribution in [0.5, 0.6) is 0 Å². The highest BCUT2D eigenvalue weighted by Gasteiger charge is 2.01. The summed E-state index contributed by atoms with van der Waals surface area (Å²) in [6.45, 7) is 5.19. The molecule has 1 aromatic carbocycles. The normalized spacial score (nSPS) is 10.3. The molecule has 0 atom stereocenters. The number of aromatic nitrogens is 1. The van der Waals surface area contributed by atoms with Crippen LogP contribution in [-0.4, -0.2) is 11.5 Å². The van der Waals surface area contributed by atoms with Crippen molar-refractivity contribution >= 4 is 33.0 Å². The average molecular weight is 320 g/mol. The van der Waals surface area contributed by atoms with Crippen LogP contribution in [0.25, 0.3) is 0 Å². The highest BCUT2D eigenvalue weighted by Crippen LogP contribution is 2.24. The molecule has 100 valence electrons. The van der Waals surface area contributed by atoms with Crippen molar-refractivity contribution in [2.45, 2.75) is 20.3 Å². The molecule has 2 rings (SSSR count). The molecule has 0 aliphatic heterocycles. The summed E-state index contributed by atoms with van der Waals surface area (Å²) in [7, 11) is 0. The largest absolute Gasteiger partial charge is 0.384 e. The lowest BCUT2D eigenvalue weighted by Gasteiger charge is -2.11. The summed E-state index contributed by atoms with van der Waals surface area (Å²) in [5.41, 5.74) is 4.33. The first kappa shape index (κ1) is 13.9. The van der Waals surface area contributed by atoms with Crippen molar-refractivity contribution in [2.75, 3.05) is 17.2 Å². The van der Waals surface area contributed by atoms with Gasteiger partial charge < -0.3 is 10.6 Å². The maximum absolute atomic E-state index is 4.25. The Kier molecular flexibility index (Phi) is 4.80. The molecule has 1 heterocycles. The molecule has 2 N–H and O–H groups in total. The first-order valence-electron chi connectivity index (χ1n) is 6.41. The van der Waals surface area contributed by atoms with Gasteiger partial charge in [-0.15, -0.1) is 0 Å². The van der Waals surface area contributed by atoms with Crippen molar-refractivity contribution in [2.24, 2.45) is 0 Å². The molecule has 0 bridgehead atoms. The van der Waals surface area contributed by atoms with E-state index in [0.29, 0.717) is 0 Å². The zero-order valence-electron chi connectivity index (χ0n) is 11.2. The van der Waals surface area contributed by atoms with Crippen LogP contribution in [0.4, 0.5) is 17.1 Å². The number of aryl methyl sites for hydroxylation is 1. The number of nitrogens with one attached hydrogen (secondary N) is 2. The van der Waals surface area contributed by atoms with E-state index in [-0.39, 0.29) is 0 Å². The molecule has 0 spiro atoms. The number of nitrogens with zero attached hydrogens (tertiary/aromatic N) is 1. The van der Waals surface area contributed by atoms with Gasteiger partial charge in [-0.25, -0.2) is 0 Å². The Bertz CT molecular complexity index is 555. The third-order valence-electron chi connectivity index (χ3n) is 2.78. The van der Waals surface area contributed by atoms with Gasteiger partial charge in [-0.3, -0.25) is 4.98 Å². The zero-order chi connectivity index (χ0) is 13.7. The molecule has 19 heavy (non-hydrogen) atoms. The van der Waals surface area contributed by atoms with Gasteiger partial charge in [0.15, 0.2) is 0 Å². The van der Waals surface area contributed by atoms with Crippen LogP contribution in [0.1, 0.15) is 18.9 Å². The number of pyridine rings is 1. The van der Waals surface area contributed by atoms with E-state index in [0.717, 1.165) is 34.5 Å². The molecule has 0 aliphatic carbocycles. The summed E-state index contributed by atoms with van der Waals surface area (Å²) in [5, 5.41) is 6.73. The summed E-state index contributed by atoms with van der Waals surface area (Å²) in [6.07, 6.45) is 4.78. The lowest BCUT2D eigenvalue weighted by Crippen LogP contribution is -2.01. The van der Waals surface area contributed by atoms with Gasteiger partial charge in [-0.2, -0.15) is 0 Å². The van der Waals surface area contributed by atoms with Crippen molar-refractivity contribution in [3.63, 3.8) is 0 Å². The summed E-state index contributed by atoms with van der Waals surface area (Å²) in [5.74, 6) is 0. The summed E-state index contributed by atoms with van der Waals surface area (Å²) < 4.78 is 1.09. The smallest absolute Gasteiger partial charge is 0.0591 e. The number of hydrogen-bond acceptors (Lipinski definition) is 3. The molecule has 1 aromatic heterocycles. The average Bonchev–Trinajstić information content (AvgIpc) is 2.40. The maximum atomic E-state index is 4.25.